The van der Waals surface area contributed by atoms with Crippen LogP contribution in [0.2, 0.25) is 0 Å². The van der Waals surface area contributed by atoms with E-state index in [0.717, 1.165) is 17.5 Å². The average Bonchev–Trinajstić information content (AvgIpc) is 2.73. The van der Waals surface area contributed by atoms with E-state index < -0.39 is 10.0 Å². The van der Waals surface area contributed by atoms with E-state index in [-0.39, 0.29) is 29.4 Å². The van der Waals surface area contributed by atoms with Crippen molar-refractivity contribution >= 4 is 22.0 Å². The molecule has 0 aromatic heterocycles. The fourth-order valence-electron chi connectivity index (χ4n) is 4.10. The topological polar surface area (TPSA) is 113 Å². The fourth-order valence-corrected chi connectivity index (χ4v) is 4.62. The summed E-state index contributed by atoms with van der Waals surface area (Å²) in [5, 5.41) is 7.95. The molecule has 158 valence electrons. The molecule has 4 rings (SSSR count). The third kappa shape index (κ3) is 4.17. The molecule has 2 aromatic rings. The summed E-state index contributed by atoms with van der Waals surface area (Å²) in [6.07, 6.45) is 1.38. The minimum Gasteiger partial charge on any atom is -0.338 e. The first-order valence-corrected chi connectivity index (χ1v) is 11.4. The predicted molar refractivity (Wildman–Crippen MR) is 111 cm³/mol. The molecule has 1 fully saturated rings. The van der Waals surface area contributed by atoms with Crippen LogP contribution in [0.15, 0.2) is 53.4 Å². The van der Waals surface area contributed by atoms with Gasteiger partial charge in [0.1, 0.15) is 6.54 Å². The Morgan fingerprint density at radius 3 is 2.60 bits per heavy atom. The maximum absolute atomic E-state index is 12.7. The molecule has 8 nitrogen and oxygen atoms in total. The molecule has 1 saturated heterocycles. The van der Waals surface area contributed by atoms with Crippen LogP contribution in [0.3, 0.4) is 0 Å². The van der Waals surface area contributed by atoms with Crippen LogP contribution in [0.4, 0.5) is 4.79 Å². The Bertz CT molecular complexity index is 1070. The van der Waals surface area contributed by atoms with E-state index in [2.05, 4.69) is 11.4 Å². The third-order valence-corrected chi connectivity index (χ3v) is 6.61. The molecule has 0 saturated carbocycles. The highest BCUT2D eigenvalue weighted by atomic mass is 32.2. The van der Waals surface area contributed by atoms with E-state index in [4.69, 9.17) is 5.14 Å². The smallest absolute Gasteiger partial charge is 0.317 e. The van der Waals surface area contributed by atoms with Crippen LogP contribution in [0, 0.1) is 0 Å². The minimum atomic E-state index is -3.72. The van der Waals surface area contributed by atoms with Crippen LogP contribution in [-0.2, 0) is 27.7 Å². The summed E-state index contributed by atoms with van der Waals surface area (Å²) in [6, 6.07) is 13.9. The Morgan fingerprint density at radius 2 is 1.87 bits per heavy atom. The number of primary sulfonamides is 1. The quantitative estimate of drug-likeness (QED) is 0.757. The molecule has 0 aliphatic carbocycles. The summed E-state index contributed by atoms with van der Waals surface area (Å²) in [7, 11) is -3.72. The van der Waals surface area contributed by atoms with Crippen molar-refractivity contribution in [3.63, 3.8) is 0 Å². The second kappa shape index (κ2) is 8.08. The van der Waals surface area contributed by atoms with Crippen molar-refractivity contribution in [3.8, 4) is 0 Å². The molecule has 2 aromatic carbocycles. The second-order valence-corrected chi connectivity index (χ2v) is 9.16. The van der Waals surface area contributed by atoms with Gasteiger partial charge in [0, 0.05) is 19.6 Å². The summed E-state index contributed by atoms with van der Waals surface area (Å²) in [6.45, 7) is 1.61. The largest absolute Gasteiger partial charge is 0.338 e. The third-order valence-electron chi connectivity index (χ3n) is 5.68. The van der Waals surface area contributed by atoms with Crippen LogP contribution in [-0.4, -0.2) is 56.3 Å². The lowest BCUT2D eigenvalue weighted by atomic mass is 9.91. The van der Waals surface area contributed by atoms with Crippen molar-refractivity contribution in [1.29, 1.82) is 0 Å². The molecular weight excluding hydrogens is 404 g/mol. The molecule has 3 N–H and O–H groups in total. The van der Waals surface area contributed by atoms with Gasteiger partial charge in [-0.05, 0) is 41.7 Å². The van der Waals surface area contributed by atoms with Crippen molar-refractivity contribution in [2.45, 2.75) is 23.8 Å². The summed E-state index contributed by atoms with van der Waals surface area (Å²) in [4.78, 5) is 28.8. The van der Waals surface area contributed by atoms with Gasteiger partial charge in [-0.25, -0.2) is 18.4 Å². The number of urea groups is 1. The standard InChI is InChI=1S/C21H24N4O4S/c22-30(28,29)17-7-5-15(6-8-17)9-11-23-21(27)24-13-19-18-4-2-1-3-16(18)10-12-25(19)20(26)14-24/h1-8,19H,9-14H2,(H,23,27)(H2,22,28,29)/t19-/m0/s1. The van der Waals surface area contributed by atoms with Gasteiger partial charge in [-0.3, -0.25) is 4.79 Å². The van der Waals surface area contributed by atoms with Crippen molar-refractivity contribution < 1.29 is 18.0 Å². The van der Waals surface area contributed by atoms with Gasteiger partial charge in [0.15, 0.2) is 0 Å². The Hall–Kier alpha value is -2.91. The number of piperazine rings is 1. The lowest BCUT2D eigenvalue weighted by molar-refractivity contribution is -0.139. The number of fused-ring (bicyclic) bond motifs is 3. The number of hydrogen-bond donors (Lipinski definition) is 2. The predicted octanol–water partition coefficient (Wildman–Crippen LogP) is 1.03. The average molecular weight is 429 g/mol. The highest BCUT2D eigenvalue weighted by molar-refractivity contribution is 7.89. The maximum Gasteiger partial charge on any atom is 0.317 e. The maximum atomic E-state index is 12.7. The number of nitrogens with one attached hydrogen (secondary N) is 1. The van der Waals surface area contributed by atoms with Crippen molar-refractivity contribution in [3.05, 3.63) is 65.2 Å². The van der Waals surface area contributed by atoms with Crippen molar-refractivity contribution in [2.24, 2.45) is 5.14 Å². The Kier molecular flexibility index (Phi) is 5.48. The Balaban J connectivity index is 1.36. The summed E-state index contributed by atoms with van der Waals surface area (Å²) >= 11 is 0. The number of rotatable bonds is 4. The van der Waals surface area contributed by atoms with E-state index in [9.17, 15) is 18.0 Å². The zero-order chi connectivity index (χ0) is 21.3. The Labute approximate surface area is 175 Å². The molecule has 0 radical (unpaired) electrons. The molecule has 30 heavy (non-hydrogen) atoms. The number of carbonyl (C=O) groups is 2. The van der Waals surface area contributed by atoms with Gasteiger partial charge in [0.2, 0.25) is 15.9 Å². The van der Waals surface area contributed by atoms with E-state index in [0.29, 0.717) is 26.1 Å². The summed E-state index contributed by atoms with van der Waals surface area (Å²) in [5.74, 6) is -0.0329. The molecule has 2 aliphatic rings. The zero-order valence-electron chi connectivity index (χ0n) is 16.5. The molecule has 2 heterocycles. The molecule has 3 amide bonds. The molecular formula is C21H24N4O4S. The van der Waals surface area contributed by atoms with Crippen LogP contribution in [0.25, 0.3) is 0 Å². The lowest BCUT2D eigenvalue weighted by Crippen LogP contribution is -2.57. The van der Waals surface area contributed by atoms with Crippen LogP contribution in [0.5, 0.6) is 0 Å². The normalized spacial score (nSPS) is 18.6. The van der Waals surface area contributed by atoms with E-state index in [1.54, 1.807) is 17.0 Å². The molecule has 9 heteroatoms. The van der Waals surface area contributed by atoms with Crippen molar-refractivity contribution in [2.75, 3.05) is 26.2 Å². The van der Waals surface area contributed by atoms with Gasteiger partial charge in [-0.2, -0.15) is 0 Å². The van der Waals surface area contributed by atoms with E-state index in [1.807, 2.05) is 23.1 Å². The first kappa shape index (κ1) is 20.4. The summed E-state index contributed by atoms with van der Waals surface area (Å²) in [5.41, 5.74) is 3.23. The highest BCUT2D eigenvalue weighted by Crippen LogP contribution is 2.32. The number of hydrogen-bond acceptors (Lipinski definition) is 4. The number of benzene rings is 2. The number of sulfonamides is 1. The monoisotopic (exact) mass is 428 g/mol. The van der Waals surface area contributed by atoms with Crippen LogP contribution >= 0.6 is 0 Å². The Morgan fingerprint density at radius 1 is 1.13 bits per heavy atom. The van der Waals surface area contributed by atoms with Gasteiger partial charge in [0.05, 0.1) is 10.9 Å². The van der Waals surface area contributed by atoms with Gasteiger partial charge in [-0.1, -0.05) is 36.4 Å². The molecule has 2 aliphatic heterocycles. The number of carbonyl (C=O) groups excluding carboxylic acids is 2. The minimum absolute atomic E-state index is 0.0329. The van der Waals surface area contributed by atoms with E-state index >= 15 is 0 Å². The number of nitrogens with zero attached hydrogens (tertiary/aromatic N) is 2. The molecule has 0 spiro atoms. The summed E-state index contributed by atoms with van der Waals surface area (Å²) < 4.78 is 22.6. The molecule has 0 unspecified atom stereocenters. The second-order valence-electron chi connectivity index (χ2n) is 7.60. The van der Waals surface area contributed by atoms with Gasteiger partial charge < -0.3 is 15.1 Å². The van der Waals surface area contributed by atoms with E-state index in [1.165, 1.54) is 17.7 Å². The van der Waals surface area contributed by atoms with Gasteiger partial charge >= 0.3 is 6.03 Å². The molecule has 0 bridgehead atoms. The van der Waals surface area contributed by atoms with Gasteiger partial charge in [0.25, 0.3) is 0 Å². The fraction of sp³-hybridized carbons (Fsp3) is 0.333. The highest BCUT2D eigenvalue weighted by Gasteiger charge is 2.38. The van der Waals surface area contributed by atoms with Crippen LogP contribution in [0.1, 0.15) is 22.7 Å². The SMILES string of the molecule is NS(=O)(=O)c1ccc(CCNC(=O)N2CC(=O)N3CCc4ccccc4[C@@H]3C2)cc1. The zero-order valence-corrected chi connectivity index (χ0v) is 17.3. The van der Waals surface area contributed by atoms with Crippen LogP contribution < -0.4 is 10.5 Å². The van der Waals surface area contributed by atoms with Gasteiger partial charge in [-0.15, -0.1) is 0 Å². The number of amides is 3. The van der Waals surface area contributed by atoms with Crippen molar-refractivity contribution in [1.82, 2.24) is 15.1 Å². The lowest BCUT2D eigenvalue weighted by Gasteiger charge is -2.44. The first-order chi connectivity index (χ1) is 14.3. The number of nitrogens with two attached hydrogens (primary N) is 1. The molecule has 1 atom stereocenters. The first-order valence-electron chi connectivity index (χ1n) is 9.85.